The summed E-state index contributed by atoms with van der Waals surface area (Å²) in [6.07, 6.45) is -1.47. The summed E-state index contributed by atoms with van der Waals surface area (Å²) >= 11 is 0. The Morgan fingerprint density at radius 2 is 1.75 bits per heavy atom. The quantitative estimate of drug-likeness (QED) is 0.660. The molecule has 1 aliphatic rings. The monoisotopic (exact) mass is 181 g/mol. The number of halogens is 3. The zero-order chi connectivity index (χ0) is 9.19. The van der Waals surface area contributed by atoms with Gasteiger partial charge in [-0.15, -0.1) is 0 Å². The average Bonchev–Trinajstić information content (AvgIpc) is 1.91. The van der Waals surface area contributed by atoms with Crippen molar-refractivity contribution in [1.29, 1.82) is 0 Å². The van der Waals surface area contributed by atoms with E-state index in [1.165, 1.54) is 0 Å². The van der Waals surface area contributed by atoms with E-state index < -0.39 is 12.6 Å². The van der Waals surface area contributed by atoms with E-state index in [-0.39, 0.29) is 12.0 Å². The SMILES string of the molecule is N[C@H]1CCCC[C@H]1CC(F)(F)F. The van der Waals surface area contributed by atoms with E-state index in [2.05, 4.69) is 0 Å². The van der Waals surface area contributed by atoms with Gasteiger partial charge >= 0.3 is 6.18 Å². The second-order valence-electron chi connectivity index (χ2n) is 3.53. The maximum atomic E-state index is 12.0. The Bertz CT molecular complexity index is 144. The fourth-order valence-corrected chi connectivity index (χ4v) is 1.79. The Hall–Kier alpha value is -0.250. The molecule has 0 unspecified atom stereocenters. The molecule has 0 amide bonds. The summed E-state index contributed by atoms with van der Waals surface area (Å²) in [5, 5.41) is 0. The highest BCUT2D eigenvalue weighted by Gasteiger charge is 2.35. The minimum absolute atomic E-state index is 0.236. The standard InChI is InChI=1S/C8H14F3N/c9-8(10,11)5-6-3-1-2-4-7(6)12/h6-7H,1-5,12H2/t6-,7-/m0/s1. The lowest BCUT2D eigenvalue weighted by atomic mass is 9.83. The molecule has 1 saturated carbocycles. The Labute approximate surface area is 70.1 Å². The molecule has 2 N–H and O–H groups in total. The molecule has 1 fully saturated rings. The fraction of sp³-hybridized carbons (Fsp3) is 1.00. The first kappa shape index (κ1) is 9.84. The second-order valence-corrected chi connectivity index (χ2v) is 3.53. The maximum absolute atomic E-state index is 12.0. The number of rotatable bonds is 1. The van der Waals surface area contributed by atoms with E-state index >= 15 is 0 Å². The van der Waals surface area contributed by atoms with Crippen molar-refractivity contribution in [3.63, 3.8) is 0 Å². The third kappa shape index (κ3) is 3.01. The molecule has 0 aromatic carbocycles. The van der Waals surface area contributed by atoms with Crippen LogP contribution in [-0.4, -0.2) is 12.2 Å². The molecule has 12 heavy (non-hydrogen) atoms. The molecule has 72 valence electrons. The van der Waals surface area contributed by atoms with Gasteiger partial charge in [0, 0.05) is 12.5 Å². The molecule has 0 saturated heterocycles. The van der Waals surface area contributed by atoms with Crippen molar-refractivity contribution >= 4 is 0 Å². The molecule has 0 aromatic rings. The molecule has 0 heterocycles. The van der Waals surface area contributed by atoms with Crippen LogP contribution < -0.4 is 5.73 Å². The van der Waals surface area contributed by atoms with Crippen molar-refractivity contribution in [2.24, 2.45) is 11.7 Å². The summed E-state index contributed by atoms with van der Waals surface area (Å²) < 4.78 is 35.9. The van der Waals surface area contributed by atoms with Crippen molar-refractivity contribution in [3.05, 3.63) is 0 Å². The molecule has 2 atom stereocenters. The lowest BCUT2D eigenvalue weighted by molar-refractivity contribution is -0.147. The van der Waals surface area contributed by atoms with Gasteiger partial charge in [0.2, 0.25) is 0 Å². The van der Waals surface area contributed by atoms with Crippen molar-refractivity contribution < 1.29 is 13.2 Å². The Morgan fingerprint density at radius 3 is 2.25 bits per heavy atom. The summed E-state index contributed by atoms with van der Waals surface area (Å²) in [6.45, 7) is 0. The third-order valence-electron chi connectivity index (χ3n) is 2.46. The maximum Gasteiger partial charge on any atom is 0.389 e. The predicted octanol–water partition coefficient (Wildman–Crippen LogP) is 2.46. The van der Waals surface area contributed by atoms with Crippen LogP contribution in [0.15, 0.2) is 0 Å². The van der Waals surface area contributed by atoms with Crippen LogP contribution in [0.1, 0.15) is 32.1 Å². The molecule has 1 rings (SSSR count). The van der Waals surface area contributed by atoms with Gasteiger partial charge in [-0.25, -0.2) is 0 Å². The summed E-state index contributed by atoms with van der Waals surface area (Å²) in [6, 6.07) is -0.236. The van der Waals surface area contributed by atoms with Crippen molar-refractivity contribution in [2.75, 3.05) is 0 Å². The van der Waals surface area contributed by atoms with Crippen LogP contribution in [0.5, 0.6) is 0 Å². The Morgan fingerprint density at radius 1 is 1.17 bits per heavy atom. The Kier molecular flexibility index (Phi) is 2.99. The molecular weight excluding hydrogens is 167 g/mol. The zero-order valence-corrected chi connectivity index (χ0v) is 6.90. The molecule has 0 aliphatic heterocycles. The number of hydrogen-bond donors (Lipinski definition) is 1. The molecular formula is C8H14F3N. The van der Waals surface area contributed by atoms with E-state index in [4.69, 9.17) is 5.73 Å². The fourth-order valence-electron chi connectivity index (χ4n) is 1.79. The summed E-state index contributed by atoms with van der Waals surface area (Å²) in [4.78, 5) is 0. The van der Waals surface area contributed by atoms with Gasteiger partial charge in [-0.3, -0.25) is 0 Å². The van der Waals surface area contributed by atoms with Crippen molar-refractivity contribution in [1.82, 2.24) is 0 Å². The lowest BCUT2D eigenvalue weighted by Crippen LogP contribution is -2.35. The average molecular weight is 181 g/mol. The number of nitrogens with two attached hydrogens (primary N) is 1. The minimum atomic E-state index is -4.04. The van der Waals surface area contributed by atoms with E-state index in [1.807, 2.05) is 0 Å². The normalized spacial score (nSPS) is 32.0. The summed E-state index contributed by atoms with van der Waals surface area (Å²) in [5.74, 6) is -0.334. The van der Waals surface area contributed by atoms with Crippen molar-refractivity contribution in [3.8, 4) is 0 Å². The summed E-state index contributed by atoms with van der Waals surface area (Å²) in [7, 11) is 0. The first-order valence-electron chi connectivity index (χ1n) is 4.31. The van der Waals surface area contributed by atoms with Crippen LogP contribution in [0.2, 0.25) is 0 Å². The molecule has 0 radical (unpaired) electrons. The molecule has 1 nitrogen and oxygen atoms in total. The smallest absolute Gasteiger partial charge is 0.327 e. The van der Waals surface area contributed by atoms with Gasteiger partial charge in [-0.05, 0) is 18.8 Å². The minimum Gasteiger partial charge on any atom is -0.327 e. The van der Waals surface area contributed by atoms with Gasteiger partial charge in [0.05, 0.1) is 0 Å². The zero-order valence-electron chi connectivity index (χ0n) is 6.90. The highest BCUT2D eigenvalue weighted by atomic mass is 19.4. The van der Waals surface area contributed by atoms with Crippen LogP contribution in [0, 0.1) is 5.92 Å². The van der Waals surface area contributed by atoms with Gasteiger partial charge in [0.15, 0.2) is 0 Å². The van der Waals surface area contributed by atoms with Crippen LogP contribution in [0.3, 0.4) is 0 Å². The molecule has 0 bridgehead atoms. The van der Waals surface area contributed by atoms with Gasteiger partial charge in [-0.2, -0.15) is 13.2 Å². The highest BCUT2D eigenvalue weighted by molar-refractivity contribution is 4.79. The van der Waals surface area contributed by atoms with Crippen molar-refractivity contribution in [2.45, 2.75) is 44.3 Å². The first-order chi connectivity index (χ1) is 5.49. The van der Waals surface area contributed by atoms with Crippen LogP contribution in [-0.2, 0) is 0 Å². The summed E-state index contributed by atoms with van der Waals surface area (Å²) in [5.41, 5.74) is 5.59. The van der Waals surface area contributed by atoms with Gasteiger partial charge < -0.3 is 5.73 Å². The molecule has 0 aromatic heterocycles. The van der Waals surface area contributed by atoms with Crippen LogP contribution in [0.4, 0.5) is 13.2 Å². The second kappa shape index (κ2) is 3.64. The van der Waals surface area contributed by atoms with Gasteiger partial charge in [-0.1, -0.05) is 12.8 Å². The van der Waals surface area contributed by atoms with Gasteiger partial charge in [0.25, 0.3) is 0 Å². The van der Waals surface area contributed by atoms with Crippen LogP contribution >= 0.6 is 0 Å². The van der Waals surface area contributed by atoms with E-state index in [1.54, 1.807) is 0 Å². The molecule has 1 aliphatic carbocycles. The Balaban J connectivity index is 2.39. The van der Waals surface area contributed by atoms with Crippen LogP contribution in [0.25, 0.3) is 0 Å². The first-order valence-corrected chi connectivity index (χ1v) is 4.31. The van der Waals surface area contributed by atoms with E-state index in [0.717, 1.165) is 19.3 Å². The third-order valence-corrected chi connectivity index (χ3v) is 2.46. The molecule has 4 heteroatoms. The van der Waals surface area contributed by atoms with Gasteiger partial charge in [0.1, 0.15) is 0 Å². The molecule has 0 spiro atoms. The van der Waals surface area contributed by atoms with E-state index in [9.17, 15) is 13.2 Å². The lowest BCUT2D eigenvalue weighted by Gasteiger charge is -2.29. The predicted molar refractivity (Wildman–Crippen MR) is 40.6 cm³/mol. The van der Waals surface area contributed by atoms with E-state index in [0.29, 0.717) is 6.42 Å². The highest BCUT2D eigenvalue weighted by Crippen LogP contribution is 2.33. The number of alkyl halides is 3. The topological polar surface area (TPSA) is 26.0 Å². The largest absolute Gasteiger partial charge is 0.389 e. The number of hydrogen-bond acceptors (Lipinski definition) is 1.